The molecule has 130 valence electrons. The van der Waals surface area contributed by atoms with Crippen LogP contribution in [-0.4, -0.2) is 51.4 Å². The molecule has 7 nitrogen and oxygen atoms in total. The van der Waals surface area contributed by atoms with Crippen molar-refractivity contribution in [2.45, 2.75) is 0 Å². The monoisotopic (exact) mass is 365 g/mol. The van der Waals surface area contributed by atoms with Crippen molar-refractivity contribution in [1.29, 1.82) is 0 Å². The van der Waals surface area contributed by atoms with Gasteiger partial charge < -0.3 is 9.80 Å². The Kier molecular flexibility index (Phi) is 3.60. The fraction of sp³-hybridized carbons (Fsp3) is 0.222. The number of benzene rings is 2. The average Bonchev–Trinajstić information content (AvgIpc) is 3.16. The van der Waals surface area contributed by atoms with Crippen molar-refractivity contribution in [3.63, 3.8) is 0 Å². The molecular formula is C18H16ClN7. The molecular weight excluding hydrogens is 350 g/mol. The molecule has 2 aromatic heterocycles. The number of halogens is 1. The van der Waals surface area contributed by atoms with Crippen LogP contribution in [0.3, 0.4) is 0 Å². The van der Waals surface area contributed by atoms with Crippen molar-refractivity contribution in [2.24, 2.45) is 0 Å². The lowest BCUT2D eigenvalue weighted by Gasteiger charge is -2.37. The molecule has 1 saturated heterocycles. The number of anilines is 2. The Morgan fingerprint density at radius 2 is 1.62 bits per heavy atom. The summed E-state index contributed by atoms with van der Waals surface area (Å²) in [4.78, 5) is 4.64. The zero-order valence-electron chi connectivity index (χ0n) is 14.0. The van der Waals surface area contributed by atoms with Crippen molar-refractivity contribution in [2.75, 3.05) is 36.0 Å². The fourth-order valence-corrected chi connectivity index (χ4v) is 3.70. The Labute approximate surface area is 154 Å². The molecule has 0 bridgehead atoms. The molecule has 1 aliphatic heterocycles. The maximum Gasteiger partial charge on any atom is 0.207 e. The highest BCUT2D eigenvalue weighted by Gasteiger charge is 2.22. The predicted molar refractivity (Wildman–Crippen MR) is 102 cm³/mol. The first-order valence-corrected chi connectivity index (χ1v) is 8.90. The van der Waals surface area contributed by atoms with E-state index >= 15 is 0 Å². The minimum absolute atomic E-state index is 0.682. The number of nitrogens with zero attached hydrogens (tertiary/aromatic N) is 7. The Morgan fingerprint density at radius 1 is 0.846 bits per heavy atom. The van der Waals surface area contributed by atoms with Crippen molar-refractivity contribution in [3.8, 4) is 0 Å². The Balaban J connectivity index is 1.47. The summed E-state index contributed by atoms with van der Waals surface area (Å²) in [5.74, 6) is 0.922. The molecule has 0 unspecified atom stereocenters. The molecule has 0 aliphatic carbocycles. The highest BCUT2D eigenvalue weighted by atomic mass is 35.5. The van der Waals surface area contributed by atoms with Gasteiger partial charge >= 0.3 is 0 Å². The summed E-state index contributed by atoms with van der Waals surface area (Å²) in [5.41, 5.74) is 1.84. The van der Waals surface area contributed by atoms with Crippen LogP contribution in [0.5, 0.6) is 0 Å². The lowest BCUT2D eigenvalue weighted by Crippen LogP contribution is -2.47. The Morgan fingerprint density at radius 3 is 2.42 bits per heavy atom. The van der Waals surface area contributed by atoms with E-state index in [1.165, 1.54) is 4.63 Å². The van der Waals surface area contributed by atoms with Gasteiger partial charge in [0, 0.05) is 47.7 Å². The second-order valence-corrected chi connectivity index (χ2v) is 6.75. The first kappa shape index (κ1) is 15.3. The summed E-state index contributed by atoms with van der Waals surface area (Å²) in [6.45, 7) is 3.56. The molecule has 0 spiro atoms. The van der Waals surface area contributed by atoms with E-state index in [1.54, 1.807) is 0 Å². The molecule has 2 aromatic carbocycles. The van der Waals surface area contributed by atoms with Gasteiger partial charge in [0.25, 0.3) is 0 Å². The number of tetrazole rings is 1. The van der Waals surface area contributed by atoms with E-state index in [4.69, 9.17) is 11.6 Å². The van der Waals surface area contributed by atoms with E-state index < -0.39 is 0 Å². The molecule has 1 fully saturated rings. The lowest BCUT2D eigenvalue weighted by atomic mass is 10.1. The SMILES string of the molecule is Clc1cccc(N2CCN(c3nn4nnnc4c4ccccc34)CC2)c1. The van der Waals surface area contributed by atoms with Gasteiger partial charge in [0.1, 0.15) is 0 Å². The molecule has 0 radical (unpaired) electrons. The number of fused-ring (bicyclic) bond motifs is 3. The number of aromatic nitrogens is 5. The molecule has 1 aliphatic rings. The van der Waals surface area contributed by atoms with Gasteiger partial charge in [-0.2, -0.15) is 0 Å². The first-order valence-electron chi connectivity index (χ1n) is 8.52. The van der Waals surface area contributed by atoms with E-state index in [0.29, 0.717) is 5.65 Å². The molecule has 0 amide bonds. The molecule has 0 N–H and O–H groups in total. The minimum Gasteiger partial charge on any atom is -0.368 e. The topological polar surface area (TPSA) is 62.5 Å². The maximum absolute atomic E-state index is 6.13. The van der Waals surface area contributed by atoms with Crippen LogP contribution < -0.4 is 9.80 Å². The third-order valence-electron chi connectivity index (χ3n) is 4.80. The highest BCUT2D eigenvalue weighted by Crippen LogP contribution is 2.28. The Hall–Kier alpha value is -2.93. The summed E-state index contributed by atoms with van der Waals surface area (Å²) in [6.07, 6.45) is 0. The largest absolute Gasteiger partial charge is 0.368 e. The van der Waals surface area contributed by atoms with E-state index in [0.717, 1.165) is 53.5 Å². The van der Waals surface area contributed by atoms with E-state index in [9.17, 15) is 0 Å². The van der Waals surface area contributed by atoms with Crippen LogP contribution in [0, 0.1) is 0 Å². The second kappa shape index (κ2) is 6.10. The van der Waals surface area contributed by atoms with E-state index in [-0.39, 0.29) is 0 Å². The van der Waals surface area contributed by atoms with Gasteiger partial charge in [0.2, 0.25) is 5.65 Å². The first-order chi connectivity index (χ1) is 12.8. The number of piperazine rings is 1. The van der Waals surface area contributed by atoms with Crippen LogP contribution in [0.4, 0.5) is 11.5 Å². The van der Waals surface area contributed by atoms with Gasteiger partial charge in [0.05, 0.1) is 0 Å². The van der Waals surface area contributed by atoms with Crippen LogP contribution in [0.1, 0.15) is 0 Å². The molecule has 0 atom stereocenters. The van der Waals surface area contributed by atoms with Gasteiger partial charge in [-0.05, 0) is 28.6 Å². The third kappa shape index (κ3) is 2.52. The van der Waals surface area contributed by atoms with Crippen LogP contribution >= 0.6 is 11.6 Å². The zero-order chi connectivity index (χ0) is 17.5. The van der Waals surface area contributed by atoms with E-state index in [1.807, 2.05) is 36.4 Å². The number of hydrogen-bond acceptors (Lipinski definition) is 6. The van der Waals surface area contributed by atoms with Gasteiger partial charge in [-0.25, -0.2) is 0 Å². The van der Waals surface area contributed by atoms with Crippen LogP contribution in [0.2, 0.25) is 5.02 Å². The lowest BCUT2D eigenvalue weighted by molar-refractivity contribution is 0.636. The standard InChI is InChI=1S/C18H16ClN7/c19-13-4-3-5-14(12-13)24-8-10-25(11-9-24)18-16-7-2-1-6-15(16)17-20-22-23-26(17)21-18/h1-7,12H,8-11H2. The second-order valence-electron chi connectivity index (χ2n) is 6.32. The minimum atomic E-state index is 0.682. The normalized spacial score (nSPS) is 15.1. The molecule has 5 rings (SSSR count). The number of rotatable bonds is 2. The van der Waals surface area contributed by atoms with Crippen molar-refractivity contribution in [1.82, 2.24) is 25.3 Å². The zero-order valence-corrected chi connectivity index (χ0v) is 14.7. The van der Waals surface area contributed by atoms with Crippen LogP contribution in [-0.2, 0) is 0 Å². The molecule has 4 aromatic rings. The summed E-state index contributed by atoms with van der Waals surface area (Å²) in [6, 6.07) is 16.1. The number of hydrogen-bond donors (Lipinski definition) is 0. The molecule has 3 heterocycles. The maximum atomic E-state index is 6.13. The van der Waals surface area contributed by atoms with Gasteiger partial charge in [-0.15, -0.1) is 14.8 Å². The van der Waals surface area contributed by atoms with Gasteiger partial charge in [-0.1, -0.05) is 41.9 Å². The molecule has 26 heavy (non-hydrogen) atoms. The average molecular weight is 366 g/mol. The summed E-state index contributed by atoms with van der Waals surface area (Å²) in [5, 5.41) is 19.4. The van der Waals surface area contributed by atoms with Crippen molar-refractivity contribution >= 4 is 39.5 Å². The quantitative estimate of drug-likeness (QED) is 0.544. The molecule has 0 saturated carbocycles. The predicted octanol–water partition coefficient (Wildman–Crippen LogP) is 2.65. The van der Waals surface area contributed by atoms with Crippen molar-refractivity contribution < 1.29 is 0 Å². The van der Waals surface area contributed by atoms with Crippen molar-refractivity contribution in [3.05, 3.63) is 53.6 Å². The summed E-state index contributed by atoms with van der Waals surface area (Å²) >= 11 is 6.13. The van der Waals surface area contributed by atoms with Crippen LogP contribution in [0.25, 0.3) is 16.4 Å². The van der Waals surface area contributed by atoms with Gasteiger partial charge in [-0.3, -0.25) is 0 Å². The van der Waals surface area contributed by atoms with E-state index in [2.05, 4.69) is 42.6 Å². The fourth-order valence-electron chi connectivity index (χ4n) is 3.51. The smallest absolute Gasteiger partial charge is 0.207 e. The Bertz CT molecular complexity index is 1090. The molecule has 8 heteroatoms. The summed E-state index contributed by atoms with van der Waals surface area (Å²) in [7, 11) is 0. The summed E-state index contributed by atoms with van der Waals surface area (Å²) < 4.78 is 1.51. The highest BCUT2D eigenvalue weighted by molar-refractivity contribution is 6.30. The van der Waals surface area contributed by atoms with Gasteiger partial charge in [0.15, 0.2) is 5.82 Å². The third-order valence-corrected chi connectivity index (χ3v) is 5.04. The van der Waals surface area contributed by atoms with Crippen LogP contribution in [0.15, 0.2) is 48.5 Å².